The molecule has 0 rings (SSSR count). The Labute approximate surface area is 61.7 Å². The molecule has 0 saturated heterocycles. The van der Waals surface area contributed by atoms with Crippen molar-refractivity contribution in [1.29, 1.82) is 0 Å². The fourth-order valence-electron chi connectivity index (χ4n) is 0.892. The topological polar surface area (TPSA) is 0 Å². The van der Waals surface area contributed by atoms with Crippen LogP contribution in [0, 0.1) is 0 Å². The first-order valence-corrected chi connectivity index (χ1v) is 4.84. The predicted molar refractivity (Wildman–Crippen MR) is 48.0 cm³/mol. The van der Waals surface area contributed by atoms with Gasteiger partial charge in [-0.15, -0.1) is 5.67 Å². The van der Waals surface area contributed by atoms with E-state index >= 15 is 0 Å². The molecule has 0 bridgehead atoms. The summed E-state index contributed by atoms with van der Waals surface area (Å²) >= 11 is 0. The molecule has 0 radical (unpaired) electrons. The van der Waals surface area contributed by atoms with E-state index in [1.54, 1.807) is 0 Å². The van der Waals surface area contributed by atoms with Crippen LogP contribution in [0.5, 0.6) is 0 Å². The maximum Gasteiger partial charge on any atom is -0.0288 e. The van der Waals surface area contributed by atoms with E-state index in [9.17, 15) is 0 Å². The van der Waals surface area contributed by atoms with Gasteiger partial charge in [0.05, 0.1) is 0 Å². The first kappa shape index (κ1) is 9.09. The first-order chi connectivity index (χ1) is 4.41. The summed E-state index contributed by atoms with van der Waals surface area (Å²) in [5.41, 5.74) is 2.28. The Kier molecular flexibility index (Phi) is 8.16. The fraction of sp³-hybridized carbons (Fsp3) is 0.875. The zero-order valence-corrected chi connectivity index (χ0v) is 7.94. The van der Waals surface area contributed by atoms with Gasteiger partial charge in [0.25, 0.3) is 0 Å². The average Bonchev–Trinajstić information content (AvgIpc) is 1.89. The molecular weight excluding hydrogens is 124 g/mol. The first-order valence-electron chi connectivity index (χ1n) is 4.02. The van der Waals surface area contributed by atoms with Crippen molar-refractivity contribution < 1.29 is 0 Å². The lowest BCUT2D eigenvalue weighted by Crippen LogP contribution is -1.78. The van der Waals surface area contributed by atoms with E-state index in [0.29, 0.717) is 0 Å². The third kappa shape index (κ3) is 8.09. The van der Waals surface area contributed by atoms with Crippen LogP contribution in [-0.2, 0) is 0 Å². The number of rotatable bonds is 6. The van der Waals surface area contributed by atoms with Gasteiger partial charge in [-0.25, -0.2) is 0 Å². The van der Waals surface area contributed by atoms with E-state index in [-0.39, 0.29) is 0 Å². The highest BCUT2D eigenvalue weighted by Crippen LogP contribution is 2.02. The maximum atomic E-state index is 2.28. The Morgan fingerprint density at radius 2 is 1.78 bits per heavy atom. The van der Waals surface area contributed by atoms with Gasteiger partial charge in [0, 0.05) is 0 Å². The highest BCUT2D eigenvalue weighted by molar-refractivity contribution is 6.27. The quantitative estimate of drug-likeness (QED) is 0.392. The van der Waals surface area contributed by atoms with E-state index in [0.717, 1.165) is 0 Å². The zero-order valence-electron chi connectivity index (χ0n) is 6.53. The Balaban J connectivity index is 2.66. The molecule has 0 fully saturated rings. The molecule has 0 atom stereocenters. The molecule has 0 amide bonds. The van der Waals surface area contributed by atoms with Crippen LogP contribution in [-0.4, -0.2) is 15.5 Å². The molecule has 0 N–H and O–H groups in total. The molecule has 0 aliphatic heterocycles. The highest BCUT2D eigenvalue weighted by Gasteiger charge is 1.84. The summed E-state index contributed by atoms with van der Waals surface area (Å²) in [5.74, 6) is 0. The Bertz CT molecular complexity index is 59.6. The van der Waals surface area contributed by atoms with Crippen molar-refractivity contribution >= 4 is 15.5 Å². The molecule has 0 aromatic carbocycles. The summed E-state index contributed by atoms with van der Waals surface area (Å²) in [5, 5.41) is 0. The Hall–Kier alpha value is 0.0869. The molecule has 0 aromatic rings. The van der Waals surface area contributed by atoms with Crippen molar-refractivity contribution in [2.45, 2.75) is 45.4 Å². The SMILES string of the molecule is CCCCCCCC=[SiH2]. The van der Waals surface area contributed by atoms with Crippen LogP contribution in [0.3, 0.4) is 0 Å². The van der Waals surface area contributed by atoms with Crippen molar-refractivity contribution in [3.63, 3.8) is 0 Å². The second-order valence-electron chi connectivity index (χ2n) is 2.49. The average molecular weight is 142 g/mol. The van der Waals surface area contributed by atoms with Gasteiger partial charge in [-0.05, 0) is 16.3 Å². The van der Waals surface area contributed by atoms with Crippen LogP contribution in [0.25, 0.3) is 0 Å². The summed E-state index contributed by atoms with van der Waals surface area (Å²) in [6.07, 6.45) is 8.38. The van der Waals surface area contributed by atoms with Crippen molar-refractivity contribution in [3.8, 4) is 0 Å². The van der Waals surface area contributed by atoms with Crippen molar-refractivity contribution in [2.75, 3.05) is 0 Å². The third-order valence-electron chi connectivity index (χ3n) is 1.51. The Morgan fingerprint density at radius 1 is 1.11 bits per heavy atom. The molecule has 54 valence electrons. The fourth-order valence-corrected chi connectivity index (χ4v) is 1.18. The summed E-state index contributed by atoms with van der Waals surface area (Å²) < 4.78 is 0. The van der Waals surface area contributed by atoms with Gasteiger partial charge in [-0.3, -0.25) is 0 Å². The molecule has 0 aliphatic carbocycles. The van der Waals surface area contributed by atoms with Crippen molar-refractivity contribution in [1.82, 2.24) is 0 Å². The van der Waals surface area contributed by atoms with Crippen LogP contribution >= 0.6 is 0 Å². The monoisotopic (exact) mass is 142 g/mol. The van der Waals surface area contributed by atoms with Gasteiger partial charge < -0.3 is 0 Å². The minimum Gasteiger partial charge on any atom is -0.110 e. The predicted octanol–water partition coefficient (Wildman–Crippen LogP) is 1.78. The van der Waals surface area contributed by atoms with Gasteiger partial charge in [0.2, 0.25) is 0 Å². The minimum absolute atomic E-state index is 1.32. The van der Waals surface area contributed by atoms with E-state index < -0.39 is 0 Å². The number of hydrogen-bond donors (Lipinski definition) is 0. The second kappa shape index (κ2) is 8.09. The summed E-state index contributed by atoms with van der Waals surface area (Å²) in [6.45, 7) is 2.26. The van der Waals surface area contributed by atoms with Gasteiger partial charge >= 0.3 is 0 Å². The van der Waals surface area contributed by atoms with Crippen LogP contribution < -0.4 is 0 Å². The molecule has 0 nitrogen and oxygen atoms in total. The van der Waals surface area contributed by atoms with E-state index in [4.69, 9.17) is 0 Å². The lowest BCUT2D eigenvalue weighted by molar-refractivity contribution is 0.646. The van der Waals surface area contributed by atoms with Gasteiger partial charge in [-0.1, -0.05) is 39.0 Å². The third-order valence-corrected chi connectivity index (χ3v) is 1.92. The van der Waals surface area contributed by atoms with Crippen LogP contribution in [0.4, 0.5) is 0 Å². The second-order valence-corrected chi connectivity index (χ2v) is 3.07. The van der Waals surface area contributed by atoms with Gasteiger partial charge in [0.1, 0.15) is 0 Å². The zero-order chi connectivity index (χ0) is 6.95. The number of hydrogen-bond acceptors (Lipinski definition) is 0. The molecular formula is C8H18Si. The molecule has 0 aliphatic rings. The summed E-state index contributed by atoms with van der Waals surface area (Å²) in [6, 6.07) is 0. The van der Waals surface area contributed by atoms with Crippen LogP contribution in [0.15, 0.2) is 0 Å². The smallest absolute Gasteiger partial charge is 0.0288 e. The lowest BCUT2D eigenvalue weighted by Gasteiger charge is -1.94. The number of unbranched alkanes of at least 4 members (excludes halogenated alkanes) is 5. The standard InChI is InChI=1S/C8H18Si/c1-2-3-4-5-6-7-8-9/h8H,2-7,9H2,1H3. The molecule has 9 heavy (non-hydrogen) atoms. The lowest BCUT2D eigenvalue weighted by atomic mass is 10.1. The normalized spacial score (nSPS) is 9.44. The molecule has 0 aromatic heterocycles. The van der Waals surface area contributed by atoms with E-state index in [1.807, 2.05) is 9.85 Å². The Morgan fingerprint density at radius 3 is 2.33 bits per heavy atom. The molecule has 0 saturated carbocycles. The molecule has 0 spiro atoms. The van der Waals surface area contributed by atoms with E-state index in [1.165, 1.54) is 38.5 Å². The molecule has 1 heteroatoms. The van der Waals surface area contributed by atoms with Gasteiger partial charge in [0.15, 0.2) is 0 Å². The highest BCUT2D eigenvalue weighted by atomic mass is 28.1. The van der Waals surface area contributed by atoms with Crippen molar-refractivity contribution in [3.05, 3.63) is 0 Å². The maximum absolute atomic E-state index is 2.28. The largest absolute Gasteiger partial charge is 0.110 e. The minimum atomic E-state index is 1.32. The van der Waals surface area contributed by atoms with Gasteiger partial charge in [-0.2, -0.15) is 0 Å². The molecule has 0 unspecified atom stereocenters. The van der Waals surface area contributed by atoms with Crippen LogP contribution in [0.2, 0.25) is 0 Å². The summed E-state index contributed by atoms with van der Waals surface area (Å²) in [7, 11) is 1.97. The summed E-state index contributed by atoms with van der Waals surface area (Å²) in [4.78, 5) is 0. The van der Waals surface area contributed by atoms with E-state index in [2.05, 4.69) is 12.6 Å². The van der Waals surface area contributed by atoms with Crippen molar-refractivity contribution in [2.24, 2.45) is 0 Å². The molecule has 0 heterocycles. The van der Waals surface area contributed by atoms with Crippen LogP contribution in [0.1, 0.15) is 45.4 Å².